The molecule has 2 bridgehead atoms. The molecule has 3 heterocycles. The molecule has 7 nitrogen and oxygen atoms in total. The minimum absolute atomic E-state index is 0.00131. The van der Waals surface area contributed by atoms with Gasteiger partial charge in [0.2, 0.25) is 0 Å². The Labute approximate surface area is 281 Å². The largest absolute Gasteiger partial charge is 0.485 e. The quantitative estimate of drug-likeness (QED) is 0.0672. The number of thioether (sulfide) groups is 1. The Morgan fingerprint density at radius 1 is 1.02 bits per heavy atom. The van der Waals surface area contributed by atoms with E-state index in [9.17, 15) is 9.90 Å². The number of unbranched alkanes of at least 4 members (excludes halogenated alkanes) is 9. The molecule has 2 aliphatic rings. The maximum atomic E-state index is 11.8. The SMILES string of the molecule is CCCCCCCCCCCCSc1nc(N2C[C@@H]3C[C@H]2CN3C(=O)O)c2cc(I)c(Br)c(OCc3ccccc3)c2n1. The zero-order valence-electron chi connectivity index (χ0n) is 24.9. The highest BCUT2D eigenvalue weighted by Crippen LogP contribution is 2.43. The molecule has 2 saturated heterocycles. The second-order valence-corrected chi connectivity index (χ2v) is 14.7. The number of halogens is 2. The van der Waals surface area contributed by atoms with Gasteiger partial charge >= 0.3 is 6.09 Å². The molecule has 0 unspecified atom stereocenters. The summed E-state index contributed by atoms with van der Waals surface area (Å²) in [5.74, 6) is 2.60. The van der Waals surface area contributed by atoms with Gasteiger partial charge in [-0.3, -0.25) is 0 Å². The van der Waals surface area contributed by atoms with Crippen molar-refractivity contribution >= 4 is 73.1 Å². The molecule has 3 aromatic rings. The molecule has 1 N–H and O–H groups in total. The van der Waals surface area contributed by atoms with Gasteiger partial charge in [-0.2, -0.15) is 0 Å². The lowest BCUT2D eigenvalue weighted by Crippen LogP contribution is -2.48. The first-order valence-electron chi connectivity index (χ1n) is 15.7. The summed E-state index contributed by atoms with van der Waals surface area (Å²) in [6.07, 6.45) is 13.2. The van der Waals surface area contributed by atoms with Crippen molar-refractivity contribution in [3.63, 3.8) is 0 Å². The third-order valence-corrected chi connectivity index (χ3v) is 11.8. The number of hydrogen-bond donors (Lipinski definition) is 1. The Balaban J connectivity index is 1.32. The van der Waals surface area contributed by atoms with Crippen molar-refractivity contribution in [2.75, 3.05) is 23.7 Å². The van der Waals surface area contributed by atoms with E-state index in [-0.39, 0.29) is 12.1 Å². The van der Waals surface area contributed by atoms with Crippen LogP contribution in [0.25, 0.3) is 10.9 Å². The van der Waals surface area contributed by atoms with Crippen LogP contribution in [-0.4, -0.2) is 57.0 Å². The van der Waals surface area contributed by atoms with Gasteiger partial charge in [-0.15, -0.1) is 0 Å². The zero-order valence-corrected chi connectivity index (χ0v) is 29.5. The third kappa shape index (κ3) is 8.28. The van der Waals surface area contributed by atoms with Crippen LogP contribution >= 0.6 is 50.3 Å². The van der Waals surface area contributed by atoms with Crippen LogP contribution in [0.5, 0.6) is 5.75 Å². The normalized spacial score (nSPS) is 17.7. The fourth-order valence-corrected chi connectivity index (χ4v) is 8.02. The number of amides is 1. The highest BCUT2D eigenvalue weighted by molar-refractivity contribution is 14.1. The number of anilines is 1. The van der Waals surface area contributed by atoms with E-state index in [1.54, 1.807) is 16.7 Å². The molecular weight excluding hydrogens is 739 g/mol. The smallest absolute Gasteiger partial charge is 0.407 e. The Morgan fingerprint density at radius 2 is 1.72 bits per heavy atom. The van der Waals surface area contributed by atoms with Crippen molar-refractivity contribution < 1.29 is 14.6 Å². The van der Waals surface area contributed by atoms with Crippen LogP contribution < -0.4 is 9.64 Å². The molecule has 2 fully saturated rings. The van der Waals surface area contributed by atoms with Crippen molar-refractivity contribution in [3.8, 4) is 5.75 Å². The lowest BCUT2D eigenvalue weighted by Gasteiger charge is -2.34. The number of rotatable bonds is 16. The summed E-state index contributed by atoms with van der Waals surface area (Å²) >= 11 is 7.84. The molecule has 5 rings (SSSR count). The maximum absolute atomic E-state index is 11.8. The van der Waals surface area contributed by atoms with Gasteiger partial charge in [0.05, 0.1) is 16.6 Å². The molecule has 0 aliphatic carbocycles. The van der Waals surface area contributed by atoms with E-state index in [1.807, 2.05) is 18.2 Å². The number of carbonyl (C=O) groups is 1. The monoisotopic (exact) mass is 780 g/mol. The number of nitrogens with zero attached hydrogens (tertiary/aromatic N) is 4. The summed E-state index contributed by atoms with van der Waals surface area (Å²) in [5.41, 5.74) is 1.90. The van der Waals surface area contributed by atoms with E-state index < -0.39 is 6.09 Å². The molecule has 2 atom stereocenters. The second-order valence-electron chi connectivity index (χ2n) is 11.7. The highest BCUT2D eigenvalue weighted by Gasteiger charge is 2.46. The van der Waals surface area contributed by atoms with E-state index in [4.69, 9.17) is 14.7 Å². The van der Waals surface area contributed by atoms with E-state index in [0.717, 1.165) is 59.8 Å². The fraction of sp³-hybridized carbons (Fsp3) is 0.545. The molecule has 2 aliphatic heterocycles. The van der Waals surface area contributed by atoms with Gasteiger partial charge in [-0.1, -0.05) is 107 Å². The summed E-state index contributed by atoms with van der Waals surface area (Å²) in [4.78, 5) is 25.8. The Morgan fingerprint density at radius 3 is 2.37 bits per heavy atom. The van der Waals surface area contributed by atoms with E-state index in [1.165, 1.54) is 57.8 Å². The van der Waals surface area contributed by atoms with E-state index in [0.29, 0.717) is 19.7 Å². The number of carboxylic acid groups (broad SMARTS) is 1. The highest BCUT2D eigenvalue weighted by atomic mass is 127. The van der Waals surface area contributed by atoms with Gasteiger partial charge in [0.15, 0.2) is 10.9 Å². The van der Waals surface area contributed by atoms with Crippen molar-refractivity contribution in [1.29, 1.82) is 0 Å². The standard InChI is InChI=1S/C33H42BrIN4O3S/c1-2-3-4-5-6-7-8-9-10-14-17-43-32-36-29-26(31(37-32)38-20-25-18-24(38)21-39(25)33(40)41)19-27(35)28(34)30(29)42-22-23-15-12-11-13-16-23/h11-13,15-16,19,24-25H,2-10,14,17-18,20-22H2,1H3,(H,40,41)/t24-,25-/m0/s1. The average molecular weight is 782 g/mol. The molecule has 2 aromatic carbocycles. The first kappa shape index (κ1) is 32.6. The molecule has 1 aromatic heterocycles. The molecule has 0 radical (unpaired) electrons. The molecule has 232 valence electrons. The van der Waals surface area contributed by atoms with Crippen molar-refractivity contribution in [3.05, 3.63) is 50.0 Å². The average Bonchev–Trinajstić information content (AvgIpc) is 3.62. The zero-order chi connectivity index (χ0) is 30.2. The first-order chi connectivity index (χ1) is 21.0. The van der Waals surface area contributed by atoms with Crippen LogP contribution in [0.2, 0.25) is 0 Å². The number of fused-ring (bicyclic) bond motifs is 3. The summed E-state index contributed by atoms with van der Waals surface area (Å²) in [6.45, 7) is 3.87. The first-order valence-corrected chi connectivity index (χ1v) is 18.6. The maximum Gasteiger partial charge on any atom is 0.407 e. The van der Waals surface area contributed by atoms with Gasteiger partial charge in [-0.25, -0.2) is 14.8 Å². The van der Waals surface area contributed by atoms with Crippen molar-refractivity contribution in [2.24, 2.45) is 0 Å². The third-order valence-electron chi connectivity index (χ3n) is 8.51. The molecule has 1 amide bonds. The minimum atomic E-state index is -0.831. The van der Waals surface area contributed by atoms with Crippen LogP contribution in [-0.2, 0) is 6.61 Å². The molecule has 10 heteroatoms. The molecule has 43 heavy (non-hydrogen) atoms. The number of benzene rings is 2. The van der Waals surface area contributed by atoms with Gasteiger partial charge in [-0.05, 0) is 63.0 Å². The van der Waals surface area contributed by atoms with Crippen LogP contribution in [0, 0.1) is 3.57 Å². The number of aromatic nitrogens is 2. The minimum Gasteiger partial charge on any atom is -0.485 e. The number of hydrogen-bond acceptors (Lipinski definition) is 6. The Bertz CT molecular complexity index is 1380. The van der Waals surface area contributed by atoms with Crippen LogP contribution in [0.4, 0.5) is 10.6 Å². The Kier molecular flexibility index (Phi) is 12.1. The summed E-state index contributed by atoms with van der Waals surface area (Å²) < 4.78 is 8.38. The predicted octanol–water partition coefficient (Wildman–Crippen LogP) is 9.53. The predicted molar refractivity (Wildman–Crippen MR) is 188 cm³/mol. The lowest BCUT2D eigenvalue weighted by atomic mass is 10.1. The summed E-state index contributed by atoms with van der Waals surface area (Å²) in [7, 11) is 0. The number of likely N-dealkylation sites (tertiary alicyclic amines) is 1. The number of ether oxygens (including phenoxy) is 1. The van der Waals surface area contributed by atoms with Crippen molar-refractivity contribution in [1.82, 2.24) is 14.9 Å². The topological polar surface area (TPSA) is 78.8 Å². The molecule has 0 spiro atoms. The van der Waals surface area contributed by atoms with Crippen molar-refractivity contribution in [2.45, 2.75) is 101 Å². The summed E-state index contributed by atoms with van der Waals surface area (Å²) in [6, 6.07) is 12.4. The van der Waals surface area contributed by atoms with Gasteiger partial charge in [0.25, 0.3) is 0 Å². The van der Waals surface area contributed by atoms with Crippen LogP contribution in [0.3, 0.4) is 0 Å². The van der Waals surface area contributed by atoms with Gasteiger partial charge < -0.3 is 19.6 Å². The van der Waals surface area contributed by atoms with Gasteiger partial charge in [0, 0.05) is 27.8 Å². The Hall–Kier alpha value is -1.79. The molecular formula is C33H42BrIN4O3S. The summed E-state index contributed by atoms with van der Waals surface area (Å²) in [5, 5.41) is 11.4. The van der Waals surface area contributed by atoms with E-state index in [2.05, 4.69) is 68.5 Å². The van der Waals surface area contributed by atoms with Crippen LogP contribution in [0.1, 0.15) is 83.1 Å². The fourth-order valence-electron chi connectivity index (χ4n) is 6.20. The van der Waals surface area contributed by atoms with Crippen LogP contribution in [0.15, 0.2) is 46.0 Å². The van der Waals surface area contributed by atoms with Gasteiger partial charge in [0.1, 0.15) is 17.9 Å². The lowest BCUT2D eigenvalue weighted by molar-refractivity contribution is 0.137. The second kappa shape index (κ2) is 16.0. The van der Waals surface area contributed by atoms with E-state index >= 15 is 0 Å². The number of piperazine rings is 1. The molecule has 0 saturated carbocycles.